The maximum absolute atomic E-state index is 12.1. The highest BCUT2D eigenvalue weighted by Gasteiger charge is 2.28. The minimum Gasteiger partial charge on any atom is -0.465 e. The van der Waals surface area contributed by atoms with Crippen LogP contribution < -0.4 is 15.4 Å². The smallest absolute Gasteiger partial charge is 0.323 e. The molecule has 7 nitrogen and oxygen atoms in total. The number of nitrogen functional groups attached to an aromatic ring is 1. The predicted molar refractivity (Wildman–Crippen MR) is 104 cm³/mol. The second-order valence-corrected chi connectivity index (χ2v) is 14.1. The van der Waals surface area contributed by atoms with Crippen LogP contribution in [0.5, 0.6) is 0 Å². The number of nitrogens with one attached hydrogen (secondary N) is 1. The Morgan fingerprint density at radius 2 is 1.96 bits per heavy atom. The zero-order valence-corrected chi connectivity index (χ0v) is 16.9. The number of carbonyl (C=O) groups is 1. The minimum atomic E-state index is -3.81. The second kappa shape index (κ2) is 7.65. The maximum atomic E-state index is 12.1. The summed E-state index contributed by atoms with van der Waals surface area (Å²) in [7, 11) is -4.92. The molecule has 25 heavy (non-hydrogen) atoms. The molecule has 1 heterocycles. The summed E-state index contributed by atoms with van der Waals surface area (Å²) < 4.78 is 31.3. The summed E-state index contributed by atoms with van der Waals surface area (Å²) in [5, 5.41) is 0. The third kappa shape index (κ3) is 5.64. The van der Waals surface area contributed by atoms with Gasteiger partial charge in [-0.25, -0.2) is 8.42 Å². The van der Waals surface area contributed by atoms with Gasteiger partial charge in [-0.2, -0.15) is 0 Å². The number of benzene rings is 1. The standard InChI is InChI=1S/C16H27N3O4SSi/c1-4-23-16(20)12-24(21,22)18-13-5-6-14(17)15(11-13)19-7-9-25(2,3)10-8-19/h5-6,11,18H,4,7-10,12,17H2,1-3H3. The highest BCUT2D eigenvalue weighted by Crippen LogP contribution is 2.32. The minimum absolute atomic E-state index is 0.148. The van der Waals surface area contributed by atoms with E-state index in [0.29, 0.717) is 11.4 Å². The topological polar surface area (TPSA) is 102 Å². The monoisotopic (exact) mass is 385 g/mol. The van der Waals surface area contributed by atoms with Crippen LogP contribution in [0.4, 0.5) is 17.1 Å². The Morgan fingerprint density at radius 3 is 2.56 bits per heavy atom. The normalized spacial score (nSPS) is 17.2. The molecule has 9 heteroatoms. The third-order valence-electron chi connectivity index (χ3n) is 4.37. The lowest BCUT2D eigenvalue weighted by Crippen LogP contribution is -2.43. The van der Waals surface area contributed by atoms with E-state index in [1.807, 2.05) is 0 Å². The van der Waals surface area contributed by atoms with E-state index in [0.717, 1.165) is 18.8 Å². The van der Waals surface area contributed by atoms with E-state index in [-0.39, 0.29) is 6.61 Å². The van der Waals surface area contributed by atoms with E-state index >= 15 is 0 Å². The highest BCUT2D eigenvalue weighted by atomic mass is 32.2. The van der Waals surface area contributed by atoms with Crippen molar-refractivity contribution < 1.29 is 17.9 Å². The zero-order valence-electron chi connectivity index (χ0n) is 15.0. The van der Waals surface area contributed by atoms with Crippen LogP contribution in [0.15, 0.2) is 18.2 Å². The number of ether oxygens (including phenoxy) is 1. The van der Waals surface area contributed by atoms with Crippen molar-refractivity contribution in [3.63, 3.8) is 0 Å². The first-order valence-corrected chi connectivity index (χ1v) is 13.5. The van der Waals surface area contributed by atoms with Gasteiger partial charge in [0, 0.05) is 13.1 Å². The Kier molecular flexibility index (Phi) is 5.99. The van der Waals surface area contributed by atoms with Gasteiger partial charge in [-0.05, 0) is 37.2 Å². The molecule has 1 aromatic carbocycles. The van der Waals surface area contributed by atoms with Crippen molar-refractivity contribution in [2.24, 2.45) is 0 Å². The molecular formula is C16H27N3O4SSi. The molecule has 0 atom stereocenters. The molecule has 0 aromatic heterocycles. The molecule has 0 amide bonds. The van der Waals surface area contributed by atoms with Crippen LogP contribution in [0.25, 0.3) is 0 Å². The van der Waals surface area contributed by atoms with Crippen molar-refractivity contribution >= 4 is 41.1 Å². The zero-order chi connectivity index (χ0) is 18.7. The Hall–Kier alpha value is -1.74. The fourth-order valence-electron chi connectivity index (χ4n) is 2.81. The molecule has 0 unspecified atom stereocenters. The Labute approximate surface area is 150 Å². The lowest BCUT2D eigenvalue weighted by Gasteiger charge is -2.37. The lowest BCUT2D eigenvalue weighted by molar-refractivity contribution is -0.139. The second-order valence-electron chi connectivity index (χ2n) is 7.09. The van der Waals surface area contributed by atoms with Crippen LogP contribution in [0.1, 0.15) is 6.92 Å². The molecule has 1 aromatic rings. The highest BCUT2D eigenvalue weighted by molar-refractivity contribution is 7.93. The van der Waals surface area contributed by atoms with E-state index in [1.165, 1.54) is 12.1 Å². The Bertz CT molecular complexity index is 727. The first-order valence-electron chi connectivity index (χ1n) is 8.42. The summed E-state index contributed by atoms with van der Waals surface area (Å²) in [5.41, 5.74) is 7.94. The maximum Gasteiger partial charge on any atom is 0.323 e. The van der Waals surface area contributed by atoms with Gasteiger partial charge in [-0.1, -0.05) is 13.1 Å². The van der Waals surface area contributed by atoms with Gasteiger partial charge in [0.25, 0.3) is 0 Å². The number of hydrogen-bond acceptors (Lipinski definition) is 6. The van der Waals surface area contributed by atoms with Gasteiger partial charge >= 0.3 is 5.97 Å². The predicted octanol–water partition coefficient (Wildman–Crippen LogP) is 2.10. The molecule has 2 rings (SSSR count). The third-order valence-corrected chi connectivity index (χ3v) is 8.69. The summed E-state index contributed by atoms with van der Waals surface area (Å²) in [6.07, 6.45) is 0. The Morgan fingerprint density at radius 1 is 1.32 bits per heavy atom. The molecule has 3 N–H and O–H groups in total. The van der Waals surface area contributed by atoms with Crippen molar-refractivity contribution in [1.82, 2.24) is 0 Å². The number of carbonyl (C=O) groups excluding carboxylic acids is 1. The molecule has 1 aliphatic heterocycles. The summed E-state index contributed by atoms with van der Waals surface area (Å²) in [5.74, 6) is -1.47. The van der Waals surface area contributed by atoms with E-state index in [4.69, 9.17) is 10.5 Å². The molecule has 0 spiro atoms. The number of nitrogens with two attached hydrogens (primary N) is 1. The average molecular weight is 386 g/mol. The van der Waals surface area contributed by atoms with Crippen LogP contribution >= 0.6 is 0 Å². The number of anilines is 3. The van der Waals surface area contributed by atoms with Crippen LogP contribution in [-0.2, 0) is 19.6 Å². The largest absolute Gasteiger partial charge is 0.465 e. The van der Waals surface area contributed by atoms with Crippen molar-refractivity contribution in [3.8, 4) is 0 Å². The first-order chi connectivity index (χ1) is 11.6. The molecule has 0 radical (unpaired) electrons. The van der Waals surface area contributed by atoms with E-state index < -0.39 is 29.8 Å². The quantitative estimate of drug-likeness (QED) is 0.442. The van der Waals surface area contributed by atoms with Crippen molar-refractivity contribution in [1.29, 1.82) is 0 Å². The molecule has 140 valence electrons. The average Bonchev–Trinajstić information content (AvgIpc) is 2.49. The molecular weight excluding hydrogens is 358 g/mol. The Balaban J connectivity index is 2.12. The molecule has 1 aliphatic rings. The molecule has 0 bridgehead atoms. The van der Waals surface area contributed by atoms with Gasteiger partial charge in [0.05, 0.1) is 31.7 Å². The number of nitrogens with zero attached hydrogens (tertiary/aromatic N) is 1. The summed E-state index contributed by atoms with van der Waals surface area (Å²) in [4.78, 5) is 13.6. The van der Waals surface area contributed by atoms with E-state index in [2.05, 4.69) is 22.7 Å². The van der Waals surface area contributed by atoms with Gasteiger partial charge in [0.15, 0.2) is 5.75 Å². The van der Waals surface area contributed by atoms with Gasteiger partial charge < -0.3 is 15.4 Å². The van der Waals surface area contributed by atoms with Crippen LogP contribution in [-0.4, -0.2) is 47.9 Å². The number of hydrogen-bond donors (Lipinski definition) is 2. The van der Waals surface area contributed by atoms with Crippen molar-refractivity contribution in [2.45, 2.75) is 32.1 Å². The first kappa shape index (κ1) is 19.6. The van der Waals surface area contributed by atoms with Crippen molar-refractivity contribution in [3.05, 3.63) is 18.2 Å². The van der Waals surface area contributed by atoms with Gasteiger partial charge in [-0.3, -0.25) is 9.52 Å². The van der Waals surface area contributed by atoms with E-state index in [1.54, 1.807) is 25.1 Å². The van der Waals surface area contributed by atoms with Crippen LogP contribution in [0, 0.1) is 0 Å². The van der Waals surface area contributed by atoms with Crippen molar-refractivity contribution in [2.75, 3.05) is 40.8 Å². The summed E-state index contributed by atoms with van der Waals surface area (Å²) in [6, 6.07) is 7.40. The molecule has 1 fully saturated rings. The molecule has 0 aliphatic carbocycles. The van der Waals surface area contributed by atoms with Crippen LogP contribution in [0.3, 0.4) is 0 Å². The van der Waals surface area contributed by atoms with Gasteiger partial charge in [-0.15, -0.1) is 0 Å². The number of rotatable bonds is 6. The summed E-state index contributed by atoms with van der Waals surface area (Å²) >= 11 is 0. The van der Waals surface area contributed by atoms with Gasteiger partial charge in [0.2, 0.25) is 10.0 Å². The fraction of sp³-hybridized carbons (Fsp3) is 0.562. The molecule has 1 saturated heterocycles. The van der Waals surface area contributed by atoms with Crippen LogP contribution in [0.2, 0.25) is 25.2 Å². The van der Waals surface area contributed by atoms with Gasteiger partial charge in [0.1, 0.15) is 0 Å². The SMILES string of the molecule is CCOC(=O)CS(=O)(=O)Nc1ccc(N)c(N2CC[Si](C)(C)CC2)c1. The lowest BCUT2D eigenvalue weighted by atomic mass is 10.2. The van der Waals surface area contributed by atoms with E-state index in [9.17, 15) is 13.2 Å². The number of esters is 1. The number of sulfonamides is 1. The summed E-state index contributed by atoms with van der Waals surface area (Å²) in [6.45, 7) is 8.41. The fourth-order valence-corrected chi connectivity index (χ4v) is 5.76. The molecule has 0 saturated carbocycles.